The molecule has 5 heteroatoms. The fourth-order valence-corrected chi connectivity index (χ4v) is 1.45. The minimum Gasteiger partial charge on any atom is -0.454 e. The van der Waals surface area contributed by atoms with Crippen LogP contribution in [0.15, 0.2) is 6.07 Å². The number of nitrogens with one attached hydrogen (secondary N) is 1. The fourth-order valence-electron chi connectivity index (χ4n) is 1.45. The first-order chi connectivity index (χ1) is 9.83. The Labute approximate surface area is 156 Å². The third-order valence-corrected chi connectivity index (χ3v) is 3.79. The van der Waals surface area contributed by atoms with Crippen molar-refractivity contribution in [2.24, 2.45) is 0 Å². The molecule has 0 saturated carbocycles. The molecule has 0 aliphatic heterocycles. The summed E-state index contributed by atoms with van der Waals surface area (Å²) in [5, 5.41) is 21.0. The zero-order valence-corrected chi connectivity index (χ0v) is 19.4. The van der Waals surface area contributed by atoms with Gasteiger partial charge in [-0.2, -0.15) is 0 Å². The first-order valence-electron chi connectivity index (χ1n) is 7.29. The van der Waals surface area contributed by atoms with E-state index in [0.717, 1.165) is 34.2 Å². The van der Waals surface area contributed by atoms with E-state index in [9.17, 15) is 0 Å². The standard InChI is InChI=1S/C14H24N.3CH4O.Hf/c1-7-13(3,4)11-9-10-12(15-11)14(5,6)8-2;3*1-2;/h9,15H,7-8H2,1-6H3;3*2H,1H3;/q-1;;;;. The normalized spacial score (nSPS) is 9.82. The van der Waals surface area contributed by atoms with Crippen molar-refractivity contribution in [1.29, 1.82) is 0 Å². The zero-order valence-electron chi connectivity index (χ0n) is 15.8. The summed E-state index contributed by atoms with van der Waals surface area (Å²) in [6.45, 7) is 13.5. The molecule has 0 aromatic carbocycles. The van der Waals surface area contributed by atoms with Crippen LogP contribution in [-0.2, 0) is 36.7 Å². The van der Waals surface area contributed by atoms with E-state index in [4.69, 9.17) is 15.3 Å². The SMILES string of the molecule is CCC(C)(C)c1[c-]cc(C(C)(C)CC)[nH]1.CO.CO.CO.[Hf]. The van der Waals surface area contributed by atoms with Crippen LogP contribution in [0.1, 0.15) is 65.8 Å². The summed E-state index contributed by atoms with van der Waals surface area (Å²) in [6, 6.07) is 5.50. The minimum absolute atomic E-state index is 0. The molecule has 22 heavy (non-hydrogen) atoms. The predicted octanol–water partition coefficient (Wildman–Crippen LogP) is 3.01. The van der Waals surface area contributed by atoms with Crippen molar-refractivity contribution in [3.8, 4) is 0 Å². The molecule has 0 bridgehead atoms. The third kappa shape index (κ3) is 9.93. The van der Waals surface area contributed by atoms with Gasteiger partial charge in [0.25, 0.3) is 0 Å². The molecule has 1 rings (SSSR count). The maximum absolute atomic E-state index is 7.00. The molecule has 0 spiro atoms. The minimum atomic E-state index is 0. The van der Waals surface area contributed by atoms with Crippen LogP contribution < -0.4 is 0 Å². The van der Waals surface area contributed by atoms with Crippen molar-refractivity contribution in [3.63, 3.8) is 0 Å². The van der Waals surface area contributed by atoms with E-state index in [0.29, 0.717) is 0 Å². The molecule has 1 heterocycles. The van der Waals surface area contributed by atoms with Crippen LogP contribution in [0.2, 0.25) is 0 Å². The van der Waals surface area contributed by atoms with Gasteiger partial charge in [0.15, 0.2) is 0 Å². The Balaban J connectivity index is -0.000000206. The van der Waals surface area contributed by atoms with Crippen LogP contribution in [0.3, 0.4) is 0 Å². The first-order valence-corrected chi connectivity index (χ1v) is 7.29. The van der Waals surface area contributed by atoms with Crippen molar-refractivity contribution in [2.75, 3.05) is 21.3 Å². The van der Waals surface area contributed by atoms with Gasteiger partial charge in [-0.3, -0.25) is 0 Å². The molecule has 4 N–H and O–H groups in total. The molecular weight excluding hydrogens is 445 g/mol. The Morgan fingerprint density at radius 3 is 1.55 bits per heavy atom. The Morgan fingerprint density at radius 2 is 1.23 bits per heavy atom. The van der Waals surface area contributed by atoms with Crippen LogP contribution in [0.25, 0.3) is 0 Å². The summed E-state index contributed by atoms with van der Waals surface area (Å²) in [5.41, 5.74) is 2.99. The zero-order chi connectivity index (χ0) is 17.7. The second-order valence-electron chi connectivity index (χ2n) is 5.68. The van der Waals surface area contributed by atoms with E-state index >= 15 is 0 Å². The van der Waals surface area contributed by atoms with Gasteiger partial charge in [0.2, 0.25) is 0 Å². The van der Waals surface area contributed by atoms with Gasteiger partial charge in [-0.15, -0.1) is 5.69 Å². The summed E-state index contributed by atoms with van der Waals surface area (Å²) >= 11 is 0. The molecule has 132 valence electrons. The molecule has 0 aliphatic carbocycles. The summed E-state index contributed by atoms with van der Waals surface area (Å²) in [6.07, 6.45) is 2.28. The molecule has 0 amide bonds. The van der Waals surface area contributed by atoms with Gasteiger partial charge in [-0.25, -0.2) is 12.1 Å². The second-order valence-corrected chi connectivity index (χ2v) is 5.68. The Kier molecular flexibility index (Phi) is 21.7. The molecule has 1 aromatic heterocycles. The van der Waals surface area contributed by atoms with E-state index in [1.54, 1.807) is 0 Å². The average Bonchev–Trinajstić information content (AvgIpc) is 3.05. The molecule has 0 aliphatic rings. The van der Waals surface area contributed by atoms with Gasteiger partial charge < -0.3 is 20.3 Å². The Hall–Kier alpha value is 0.0301. The van der Waals surface area contributed by atoms with Gasteiger partial charge in [-0.1, -0.05) is 59.1 Å². The number of aliphatic hydroxyl groups is 3. The quantitative estimate of drug-likeness (QED) is 0.395. The second kappa shape index (κ2) is 15.9. The molecule has 0 radical (unpaired) electrons. The number of aromatic amines is 1. The summed E-state index contributed by atoms with van der Waals surface area (Å²) in [4.78, 5) is 3.54. The Morgan fingerprint density at radius 1 is 0.864 bits per heavy atom. The molecule has 0 atom stereocenters. The molecule has 0 fully saturated rings. The maximum Gasteiger partial charge on any atom is 0.0319 e. The fraction of sp³-hybridized carbons (Fsp3) is 0.765. The van der Waals surface area contributed by atoms with Crippen molar-refractivity contribution in [1.82, 2.24) is 4.98 Å². The Bertz CT molecular complexity index is 306. The van der Waals surface area contributed by atoms with Crippen LogP contribution >= 0.6 is 0 Å². The average molecular weight is 481 g/mol. The van der Waals surface area contributed by atoms with Gasteiger partial charge in [0.05, 0.1) is 0 Å². The molecule has 1 aromatic rings. The maximum atomic E-state index is 7.00. The van der Waals surface area contributed by atoms with E-state index in [1.807, 2.05) is 0 Å². The monoisotopic (exact) mass is 482 g/mol. The van der Waals surface area contributed by atoms with E-state index < -0.39 is 0 Å². The van der Waals surface area contributed by atoms with Gasteiger partial charge >= 0.3 is 0 Å². The first kappa shape index (κ1) is 30.0. The van der Waals surface area contributed by atoms with Crippen molar-refractivity contribution >= 4 is 0 Å². The topological polar surface area (TPSA) is 76.5 Å². The van der Waals surface area contributed by atoms with Gasteiger partial charge in [0, 0.05) is 47.2 Å². The van der Waals surface area contributed by atoms with E-state index in [1.165, 1.54) is 11.4 Å². The van der Waals surface area contributed by atoms with Crippen molar-refractivity contribution in [3.05, 3.63) is 23.5 Å². The van der Waals surface area contributed by atoms with Gasteiger partial charge in [-0.05, 0) is 11.8 Å². The van der Waals surface area contributed by atoms with Crippen LogP contribution in [0.4, 0.5) is 0 Å². The summed E-state index contributed by atoms with van der Waals surface area (Å²) < 4.78 is 0. The number of rotatable bonds is 4. The van der Waals surface area contributed by atoms with E-state index in [2.05, 4.69) is 58.7 Å². The molecule has 4 nitrogen and oxygen atoms in total. The predicted molar refractivity (Wildman–Crippen MR) is 90.7 cm³/mol. The number of hydrogen-bond acceptors (Lipinski definition) is 3. The molecular formula is C17H36HfNO3-. The third-order valence-electron chi connectivity index (χ3n) is 3.79. The largest absolute Gasteiger partial charge is 0.454 e. The van der Waals surface area contributed by atoms with Crippen molar-refractivity contribution < 1.29 is 41.2 Å². The number of aliphatic hydroxyl groups excluding tert-OH is 3. The van der Waals surface area contributed by atoms with Crippen LogP contribution in [-0.4, -0.2) is 41.6 Å². The molecule has 0 saturated heterocycles. The summed E-state index contributed by atoms with van der Waals surface area (Å²) in [7, 11) is 3.00. The van der Waals surface area contributed by atoms with Gasteiger partial charge in [0.1, 0.15) is 0 Å². The summed E-state index contributed by atoms with van der Waals surface area (Å²) in [5.74, 6) is 0. The number of H-pyrrole nitrogens is 1. The smallest absolute Gasteiger partial charge is 0.0319 e. The van der Waals surface area contributed by atoms with Crippen molar-refractivity contribution in [2.45, 2.75) is 65.2 Å². The van der Waals surface area contributed by atoms with E-state index in [-0.39, 0.29) is 36.7 Å². The number of hydrogen-bond donors (Lipinski definition) is 4. The molecule has 0 unspecified atom stereocenters. The number of aromatic nitrogens is 1. The van der Waals surface area contributed by atoms with Crippen LogP contribution in [0.5, 0.6) is 0 Å². The van der Waals surface area contributed by atoms with Crippen LogP contribution in [0, 0.1) is 6.07 Å².